The van der Waals surface area contributed by atoms with Gasteiger partial charge in [0.15, 0.2) is 0 Å². The minimum absolute atomic E-state index is 0.0135. The van der Waals surface area contributed by atoms with E-state index in [1.807, 2.05) is 55.4 Å². The third kappa shape index (κ3) is 6.16. The average molecular weight is 394 g/mol. The van der Waals surface area contributed by atoms with Gasteiger partial charge >= 0.3 is 0 Å². The quantitative estimate of drug-likeness (QED) is 0.712. The second-order valence-corrected chi connectivity index (χ2v) is 8.03. The van der Waals surface area contributed by atoms with Crippen LogP contribution < -0.4 is 5.32 Å². The Morgan fingerprint density at radius 2 is 1.69 bits per heavy atom. The Balaban J connectivity index is 1.47. The molecule has 2 unspecified atom stereocenters. The van der Waals surface area contributed by atoms with Gasteiger partial charge in [0.1, 0.15) is 0 Å². The number of carbonyl (C=O) groups is 2. The van der Waals surface area contributed by atoms with E-state index in [1.54, 1.807) is 0 Å². The van der Waals surface area contributed by atoms with E-state index < -0.39 is 0 Å². The molecule has 1 saturated heterocycles. The van der Waals surface area contributed by atoms with E-state index in [4.69, 9.17) is 0 Å². The van der Waals surface area contributed by atoms with Gasteiger partial charge in [0, 0.05) is 32.1 Å². The van der Waals surface area contributed by atoms with Crippen molar-refractivity contribution in [2.45, 2.75) is 25.3 Å². The van der Waals surface area contributed by atoms with Gasteiger partial charge in [-0.1, -0.05) is 60.7 Å². The lowest BCUT2D eigenvalue weighted by atomic mass is 10.0. The molecule has 1 fully saturated rings. The van der Waals surface area contributed by atoms with Crippen LogP contribution in [0.25, 0.3) is 0 Å². The van der Waals surface area contributed by atoms with Crippen molar-refractivity contribution in [3.63, 3.8) is 0 Å². The van der Waals surface area contributed by atoms with Crippen LogP contribution in [0.3, 0.4) is 0 Å². The van der Waals surface area contributed by atoms with Gasteiger partial charge in [0.25, 0.3) is 0 Å². The second kappa shape index (κ2) is 10.2. The number of rotatable bonds is 9. The summed E-state index contributed by atoms with van der Waals surface area (Å²) in [5.74, 6) is -0.187. The van der Waals surface area contributed by atoms with Gasteiger partial charge in [0.05, 0.1) is 5.92 Å². The minimum Gasteiger partial charge on any atom is -0.354 e. The Kier molecular flexibility index (Phi) is 7.42. The van der Waals surface area contributed by atoms with E-state index in [0.29, 0.717) is 26.1 Å². The molecule has 154 valence electrons. The van der Waals surface area contributed by atoms with Gasteiger partial charge in [-0.3, -0.25) is 9.59 Å². The molecular weight excluding hydrogens is 362 g/mol. The van der Waals surface area contributed by atoms with Crippen molar-refractivity contribution in [1.29, 1.82) is 0 Å². The molecule has 5 nitrogen and oxygen atoms in total. The van der Waals surface area contributed by atoms with E-state index in [9.17, 15) is 9.59 Å². The van der Waals surface area contributed by atoms with E-state index in [1.165, 1.54) is 11.1 Å². The molecule has 3 rings (SSSR count). The summed E-state index contributed by atoms with van der Waals surface area (Å²) in [6, 6.07) is 20.7. The molecule has 5 heteroatoms. The maximum absolute atomic E-state index is 12.7. The van der Waals surface area contributed by atoms with Crippen molar-refractivity contribution in [1.82, 2.24) is 15.1 Å². The lowest BCUT2D eigenvalue weighted by Gasteiger charge is -2.25. The summed E-state index contributed by atoms with van der Waals surface area (Å²) in [6.45, 7) is 1.76. The molecule has 1 aliphatic rings. The zero-order valence-electron chi connectivity index (χ0n) is 17.4. The number of likely N-dealkylation sites (N-methyl/N-ethyl adjacent to an activating group) is 1. The zero-order chi connectivity index (χ0) is 20.6. The van der Waals surface area contributed by atoms with Gasteiger partial charge in [-0.25, -0.2) is 0 Å². The number of likely N-dealkylation sites (tertiary alicyclic amines) is 1. The number of nitrogens with one attached hydrogen (secondary N) is 1. The van der Waals surface area contributed by atoms with E-state index in [2.05, 4.69) is 34.5 Å². The maximum Gasteiger partial charge on any atom is 0.225 e. The fourth-order valence-electron chi connectivity index (χ4n) is 3.76. The van der Waals surface area contributed by atoms with E-state index >= 15 is 0 Å². The molecule has 2 amide bonds. The highest BCUT2D eigenvalue weighted by molar-refractivity contribution is 5.89. The van der Waals surface area contributed by atoms with Crippen LogP contribution in [0.1, 0.15) is 17.5 Å². The molecule has 0 bridgehead atoms. The van der Waals surface area contributed by atoms with Crippen molar-refractivity contribution in [3.05, 3.63) is 71.8 Å². The smallest absolute Gasteiger partial charge is 0.225 e. The molecule has 0 spiro atoms. The van der Waals surface area contributed by atoms with Crippen LogP contribution >= 0.6 is 0 Å². The Hall–Kier alpha value is -2.66. The van der Waals surface area contributed by atoms with Gasteiger partial charge in [-0.15, -0.1) is 0 Å². The van der Waals surface area contributed by atoms with Crippen LogP contribution in [-0.4, -0.2) is 61.4 Å². The Morgan fingerprint density at radius 3 is 2.31 bits per heavy atom. The molecule has 29 heavy (non-hydrogen) atoms. The molecule has 2 atom stereocenters. The summed E-state index contributed by atoms with van der Waals surface area (Å²) in [5, 5.41) is 3.08. The fraction of sp³-hybridized carbons (Fsp3) is 0.417. The minimum atomic E-state index is -0.252. The third-order valence-corrected chi connectivity index (χ3v) is 5.65. The summed E-state index contributed by atoms with van der Waals surface area (Å²) in [7, 11) is 4.06. The monoisotopic (exact) mass is 393 g/mol. The number of carbonyl (C=O) groups excluding carboxylic acids is 2. The maximum atomic E-state index is 12.7. The summed E-state index contributed by atoms with van der Waals surface area (Å²) in [6.07, 6.45) is 2.01. The summed E-state index contributed by atoms with van der Waals surface area (Å²) < 4.78 is 0. The van der Waals surface area contributed by atoms with Crippen LogP contribution in [0.15, 0.2) is 60.7 Å². The molecule has 0 radical (unpaired) electrons. The summed E-state index contributed by atoms with van der Waals surface area (Å²) in [4.78, 5) is 29.0. The standard InChI is InChI=1S/C24H31N3O2/c1-26(2)22(15-20-11-7-4-8-12-20)17-25-24(29)21-16-23(28)27(18-21)14-13-19-9-5-3-6-10-19/h3-12,21-22H,13-18H2,1-2H3,(H,25,29). The Morgan fingerprint density at radius 1 is 1.07 bits per heavy atom. The van der Waals surface area contributed by atoms with Crippen LogP contribution in [0.4, 0.5) is 0 Å². The highest BCUT2D eigenvalue weighted by Crippen LogP contribution is 2.18. The van der Waals surface area contributed by atoms with Gasteiger partial charge in [0.2, 0.25) is 11.8 Å². The topological polar surface area (TPSA) is 52.7 Å². The predicted octanol–water partition coefficient (Wildman–Crippen LogP) is 2.37. The van der Waals surface area contributed by atoms with E-state index in [-0.39, 0.29) is 23.8 Å². The molecule has 0 aromatic heterocycles. The largest absolute Gasteiger partial charge is 0.354 e. The molecule has 2 aromatic carbocycles. The van der Waals surface area contributed by atoms with E-state index in [0.717, 1.165) is 12.8 Å². The Bertz CT molecular complexity index is 792. The lowest BCUT2D eigenvalue weighted by molar-refractivity contribution is -0.129. The second-order valence-electron chi connectivity index (χ2n) is 8.03. The molecule has 0 saturated carbocycles. The number of nitrogens with zero attached hydrogens (tertiary/aromatic N) is 2. The van der Waals surface area contributed by atoms with Gasteiger partial charge < -0.3 is 15.1 Å². The SMILES string of the molecule is CN(C)C(CNC(=O)C1CC(=O)N(CCc2ccccc2)C1)Cc1ccccc1. The number of benzene rings is 2. The number of hydrogen-bond donors (Lipinski definition) is 1. The molecule has 1 heterocycles. The van der Waals surface area contributed by atoms with Crippen molar-refractivity contribution in [2.24, 2.45) is 5.92 Å². The van der Waals surface area contributed by atoms with Crippen molar-refractivity contribution in [2.75, 3.05) is 33.7 Å². The lowest BCUT2D eigenvalue weighted by Crippen LogP contribution is -2.43. The van der Waals surface area contributed by atoms with Crippen molar-refractivity contribution < 1.29 is 9.59 Å². The van der Waals surface area contributed by atoms with Crippen molar-refractivity contribution in [3.8, 4) is 0 Å². The first kappa shape index (κ1) is 21.1. The molecule has 0 aliphatic carbocycles. The Labute approximate surface area is 173 Å². The number of amides is 2. The van der Waals surface area contributed by atoms with Crippen LogP contribution in [0.5, 0.6) is 0 Å². The summed E-state index contributed by atoms with van der Waals surface area (Å²) in [5.41, 5.74) is 2.46. The first-order valence-electron chi connectivity index (χ1n) is 10.3. The third-order valence-electron chi connectivity index (χ3n) is 5.65. The molecule has 1 N–H and O–H groups in total. The zero-order valence-corrected chi connectivity index (χ0v) is 17.4. The van der Waals surface area contributed by atoms with Gasteiger partial charge in [-0.2, -0.15) is 0 Å². The van der Waals surface area contributed by atoms with Gasteiger partial charge in [-0.05, 0) is 38.1 Å². The fourth-order valence-corrected chi connectivity index (χ4v) is 3.76. The average Bonchev–Trinajstić information content (AvgIpc) is 3.11. The van der Waals surface area contributed by atoms with Crippen LogP contribution in [-0.2, 0) is 22.4 Å². The first-order valence-corrected chi connectivity index (χ1v) is 10.3. The normalized spacial score (nSPS) is 17.6. The highest BCUT2D eigenvalue weighted by atomic mass is 16.2. The van der Waals surface area contributed by atoms with Crippen LogP contribution in [0.2, 0.25) is 0 Å². The predicted molar refractivity (Wildman–Crippen MR) is 115 cm³/mol. The van der Waals surface area contributed by atoms with Crippen molar-refractivity contribution >= 4 is 11.8 Å². The first-order chi connectivity index (χ1) is 14.0. The molecular formula is C24H31N3O2. The highest BCUT2D eigenvalue weighted by Gasteiger charge is 2.34. The molecule has 2 aromatic rings. The summed E-state index contributed by atoms with van der Waals surface area (Å²) >= 11 is 0. The number of hydrogen-bond acceptors (Lipinski definition) is 3. The molecule has 1 aliphatic heterocycles. The van der Waals surface area contributed by atoms with Crippen LogP contribution in [0, 0.1) is 5.92 Å².